The second-order valence-electron chi connectivity index (χ2n) is 10.00. The number of fused-ring (bicyclic) bond motifs is 1. The van der Waals surface area contributed by atoms with Crippen molar-refractivity contribution in [2.75, 3.05) is 7.11 Å². The molecule has 3 aromatic heterocycles. The van der Waals surface area contributed by atoms with Gasteiger partial charge in [0.1, 0.15) is 18.1 Å². The van der Waals surface area contributed by atoms with Gasteiger partial charge in [0.2, 0.25) is 5.78 Å². The third-order valence-corrected chi connectivity index (χ3v) is 7.27. The zero-order valence-electron chi connectivity index (χ0n) is 22.5. The van der Waals surface area contributed by atoms with E-state index in [-0.39, 0.29) is 41.4 Å². The Morgan fingerprint density at radius 3 is 2.38 bits per heavy atom. The van der Waals surface area contributed by atoms with E-state index in [0.717, 1.165) is 10.7 Å². The number of allylic oxidation sites excluding steroid dienone is 1. The molecule has 0 unspecified atom stereocenters. The number of aromatic nitrogens is 2. The van der Waals surface area contributed by atoms with Crippen LogP contribution in [0.2, 0.25) is 0 Å². The van der Waals surface area contributed by atoms with Gasteiger partial charge in [-0.1, -0.05) is 6.58 Å². The number of pyridine rings is 1. The Labute approximate surface area is 230 Å². The highest BCUT2D eigenvalue weighted by atomic mass is 32.1. The topological polar surface area (TPSA) is 107 Å². The molecule has 1 N–H and O–H groups in total. The number of nitrogens with zero attached hydrogens (tertiary/aromatic N) is 2. The zero-order valence-corrected chi connectivity index (χ0v) is 23.3. The number of hydrogen-bond acceptors (Lipinski definition) is 7. The van der Waals surface area contributed by atoms with E-state index in [1.54, 1.807) is 67.8 Å². The van der Waals surface area contributed by atoms with Crippen LogP contribution < -0.4 is 9.47 Å². The van der Waals surface area contributed by atoms with Crippen LogP contribution in [0, 0.1) is 12.3 Å². The number of carbonyl (C=O) groups excluding carboxylic acids is 2. The van der Waals surface area contributed by atoms with E-state index in [9.17, 15) is 19.5 Å². The predicted molar refractivity (Wildman–Crippen MR) is 149 cm³/mol. The second kappa shape index (κ2) is 10.9. The summed E-state index contributed by atoms with van der Waals surface area (Å²) in [6.45, 7) is 10.7. The molecular weight excluding hydrogens is 516 g/mol. The number of hydrogen-bond donors (Lipinski definition) is 1. The number of ether oxygens (including phenoxy) is 2. The number of carbonyl (C=O) groups is 3. The molecule has 0 aliphatic rings. The lowest BCUT2D eigenvalue weighted by atomic mass is 9.82. The van der Waals surface area contributed by atoms with E-state index in [0.29, 0.717) is 28.1 Å². The van der Waals surface area contributed by atoms with Crippen LogP contribution >= 0.6 is 11.3 Å². The predicted octanol–water partition coefficient (Wildman–Crippen LogP) is 5.93. The van der Waals surface area contributed by atoms with Crippen molar-refractivity contribution < 1.29 is 29.0 Å². The monoisotopic (exact) mass is 546 g/mol. The van der Waals surface area contributed by atoms with Gasteiger partial charge in [-0.05, 0) is 75.6 Å². The van der Waals surface area contributed by atoms with Crippen LogP contribution in [0.15, 0.2) is 60.1 Å². The number of rotatable bonds is 11. The first-order valence-electron chi connectivity index (χ1n) is 12.3. The summed E-state index contributed by atoms with van der Waals surface area (Å²) < 4.78 is 12.8. The molecule has 1 aromatic carbocycles. The Morgan fingerprint density at radius 1 is 1.13 bits per heavy atom. The summed E-state index contributed by atoms with van der Waals surface area (Å²) >= 11 is 1.52. The molecule has 0 saturated heterocycles. The summed E-state index contributed by atoms with van der Waals surface area (Å²) in [5.41, 5.74) is 1.41. The first-order chi connectivity index (χ1) is 18.4. The van der Waals surface area contributed by atoms with Crippen LogP contribution in [0.5, 0.6) is 11.5 Å². The Hall–Kier alpha value is -4.24. The molecule has 9 heteroatoms. The zero-order chi connectivity index (χ0) is 28.5. The summed E-state index contributed by atoms with van der Waals surface area (Å²) in [5, 5.41) is 12.8. The van der Waals surface area contributed by atoms with Crippen LogP contribution in [0.3, 0.4) is 0 Å². The number of carboxylic acids is 1. The fourth-order valence-electron chi connectivity index (χ4n) is 4.29. The highest BCUT2D eigenvalue weighted by Gasteiger charge is 2.35. The standard InChI is InChI=1S/C30H30N2O6S/c1-17(2)27(33)25-23(14-30(4,5)29(35)36)26(28(34)19-7-9-21(37-6)10-8-19)32-12-11-22(13-24(25)32)38-15-20-16-39-18(3)31-20/h7-13,16H,1,14-15H2,2-6H3,(H,35,36). The lowest BCUT2D eigenvalue weighted by Gasteiger charge is -2.20. The summed E-state index contributed by atoms with van der Waals surface area (Å²) in [5.74, 6) is -0.694. The molecule has 39 heavy (non-hydrogen) atoms. The molecule has 0 aliphatic heterocycles. The minimum absolute atomic E-state index is 0.0517. The lowest BCUT2D eigenvalue weighted by Crippen LogP contribution is -2.28. The maximum atomic E-state index is 14.0. The average Bonchev–Trinajstić information content (AvgIpc) is 3.46. The molecule has 0 radical (unpaired) electrons. The van der Waals surface area contributed by atoms with Gasteiger partial charge >= 0.3 is 5.97 Å². The maximum absolute atomic E-state index is 14.0. The van der Waals surface area contributed by atoms with Crippen LogP contribution in [0.1, 0.15) is 63.4 Å². The van der Waals surface area contributed by atoms with E-state index in [1.165, 1.54) is 18.4 Å². The van der Waals surface area contributed by atoms with E-state index in [2.05, 4.69) is 11.6 Å². The van der Waals surface area contributed by atoms with Gasteiger partial charge in [0.25, 0.3) is 0 Å². The molecule has 3 heterocycles. The normalized spacial score (nSPS) is 11.4. The van der Waals surface area contributed by atoms with Gasteiger partial charge < -0.3 is 19.0 Å². The first-order valence-corrected chi connectivity index (χ1v) is 13.1. The number of Topliss-reactive ketones (excluding diaryl/α,β-unsaturated/α-hetero) is 1. The molecule has 0 fully saturated rings. The third kappa shape index (κ3) is 5.63. The maximum Gasteiger partial charge on any atom is 0.309 e. The van der Waals surface area contributed by atoms with Crippen molar-refractivity contribution in [2.24, 2.45) is 5.41 Å². The van der Waals surface area contributed by atoms with Gasteiger partial charge in [0.05, 0.1) is 40.0 Å². The Balaban J connectivity index is 1.93. The average molecular weight is 547 g/mol. The molecule has 202 valence electrons. The molecule has 0 bridgehead atoms. The first kappa shape index (κ1) is 27.8. The fraction of sp³-hybridized carbons (Fsp3) is 0.267. The van der Waals surface area contributed by atoms with Gasteiger partial charge in [-0.2, -0.15) is 0 Å². The molecule has 4 rings (SSSR count). The Morgan fingerprint density at radius 2 is 1.82 bits per heavy atom. The highest BCUT2D eigenvalue weighted by Crippen LogP contribution is 2.35. The lowest BCUT2D eigenvalue weighted by molar-refractivity contribution is -0.146. The third-order valence-electron chi connectivity index (χ3n) is 6.44. The van der Waals surface area contributed by atoms with E-state index in [4.69, 9.17) is 9.47 Å². The van der Waals surface area contributed by atoms with Gasteiger partial charge in [-0.3, -0.25) is 14.4 Å². The molecule has 0 amide bonds. The SMILES string of the molecule is C=C(C)C(=O)c1c(CC(C)(C)C(=O)O)c(C(=O)c2ccc(OC)cc2)n2ccc(OCc3csc(C)n3)cc12. The number of ketones is 2. The van der Waals surface area contributed by atoms with Crippen LogP contribution in [0.4, 0.5) is 0 Å². The van der Waals surface area contributed by atoms with Crippen LogP contribution in [0.25, 0.3) is 5.52 Å². The summed E-state index contributed by atoms with van der Waals surface area (Å²) in [6, 6.07) is 10.0. The molecule has 8 nitrogen and oxygen atoms in total. The molecule has 0 atom stereocenters. The minimum Gasteiger partial charge on any atom is -0.497 e. The number of thiazole rings is 1. The quantitative estimate of drug-likeness (QED) is 0.183. The Bertz CT molecular complexity index is 1590. The van der Waals surface area contributed by atoms with Crippen molar-refractivity contribution in [1.82, 2.24) is 9.38 Å². The van der Waals surface area contributed by atoms with Gasteiger partial charge in [-0.15, -0.1) is 11.3 Å². The van der Waals surface area contributed by atoms with Crippen molar-refractivity contribution in [1.29, 1.82) is 0 Å². The minimum atomic E-state index is -1.26. The van der Waals surface area contributed by atoms with Crippen molar-refractivity contribution in [3.63, 3.8) is 0 Å². The molecular formula is C30H30N2O6S. The van der Waals surface area contributed by atoms with Crippen molar-refractivity contribution in [2.45, 2.75) is 40.7 Å². The van der Waals surface area contributed by atoms with Crippen molar-refractivity contribution in [3.8, 4) is 11.5 Å². The molecule has 0 spiro atoms. The van der Waals surface area contributed by atoms with Gasteiger partial charge in [-0.25, -0.2) is 4.98 Å². The number of aliphatic carboxylic acids is 1. The van der Waals surface area contributed by atoms with Gasteiger partial charge in [0, 0.05) is 23.2 Å². The highest BCUT2D eigenvalue weighted by molar-refractivity contribution is 7.09. The number of benzene rings is 1. The van der Waals surface area contributed by atoms with E-state index < -0.39 is 11.4 Å². The number of carboxylic acid groups (broad SMARTS) is 1. The summed E-state index contributed by atoms with van der Waals surface area (Å²) in [6.07, 6.45) is 1.62. The largest absolute Gasteiger partial charge is 0.497 e. The molecule has 0 saturated carbocycles. The number of methoxy groups -OCH3 is 1. The smallest absolute Gasteiger partial charge is 0.309 e. The molecule has 4 aromatic rings. The second-order valence-corrected chi connectivity index (χ2v) is 11.1. The van der Waals surface area contributed by atoms with E-state index >= 15 is 0 Å². The Kier molecular flexibility index (Phi) is 7.74. The van der Waals surface area contributed by atoms with Crippen LogP contribution in [-0.4, -0.2) is 39.1 Å². The van der Waals surface area contributed by atoms with Crippen molar-refractivity contribution in [3.05, 3.63) is 93.2 Å². The van der Waals surface area contributed by atoms with E-state index in [1.807, 2.05) is 12.3 Å². The number of aryl methyl sites for hydroxylation is 1. The van der Waals surface area contributed by atoms with Crippen molar-refractivity contribution >= 4 is 34.4 Å². The molecule has 0 aliphatic carbocycles. The summed E-state index contributed by atoms with van der Waals surface area (Å²) in [4.78, 5) is 44.0. The van der Waals surface area contributed by atoms with Crippen LogP contribution in [-0.2, 0) is 17.8 Å². The summed E-state index contributed by atoms with van der Waals surface area (Å²) in [7, 11) is 1.54. The fourth-order valence-corrected chi connectivity index (χ4v) is 4.89. The van der Waals surface area contributed by atoms with Gasteiger partial charge in [0.15, 0.2) is 5.78 Å².